The zero-order chi connectivity index (χ0) is 17.1. The van der Waals surface area contributed by atoms with Crippen LogP contribution < -0.4 is 5.56 Å². The third-order valence-corrected chi connectivity index (χ3v) is 5.21. The topological polar surface area (TPSA) is 87.5 Å². The van der Waals surface area contributed by atoms with Crippen molar-refractivity contribution in [2.45, 2.75) is 25.7 Å². The first-order valence-electron chi connectivity index (χ1n) is 7.92. The molecule has 1 aliphatic carbocycles. The smallest absolute Gasteiger partial charge is 0.307 e. The maximum absolute atomic E-state index is 12.3. The van der Waals surface area contributed by atoms with Crippen LogP contribution in [0.1, 0.15) is 31.5 Å². The molecule has 0 fully saturated rings. The van der Waals surface area contributed by atoms with E-state index < -0.39 is 17.3 Å². The average molecular weight is 323 g/mol. The summed E-state index contributed by atoms with van der Waals surface area (Å²) in [5, 5.41) is 9.83. The summed E-state index contributed by atoms with van der Waals surface area (Å²) >= 11 is 0. The summed E-state index contributed by atoms with van der Waals surface area (Å²) < 4.78 is 1.74. The monoisotopic (exact) mass is 323 g/mol. The number of hydrogen-bond acceptors (Lipinski definition) is 3. The molecule has 1 aromatic carbocycles. The molecule has 0 spiro atoms. The lowest BCUT2D eigenvalue weighted by Gasteiger charge is -2.33. The zero-order valence-corrected chi connectivity index (χ0v) is 13.4. The van der Waals surface area contributed by atoms with Gasteiger partial charge < -0.3 is 10.1 Å². The highest BCUT2D eigenvalue weighted by Crippen LogP contribution is 2.52. The lowest BCUT2D eigenvalue weighted by molar-refractivity contribution is -0.143. The van der Waals surface area contributed by atoms with Crippen LogP contribution in [0.5, 0.6) is 0 Å². The van der Waals surface area contributed by atoms with E-state index in [1.165, 1.54) is 0 Å². The van der Waals surface area contributed by atoms with Crippen molar-refractivity contribution in [2.24, 2.45) is 5.92 Å². The Hall–Kier alpha value is -2.89. The number of aromatic nitrogens is 3. The van der Waals surface area contributed by atoms with Crippen molar-refractivity contribution in [1.29, 1.82) is 0 Å². The fourth-order valence-electron chi connectivity index (χ4n) is 4.17. The Kier molecular flexibility index (Phi) is 2.94. The minimum absolute atomic E-state index is 0.277. The second-order valence-electron chi connectivity index (χ2n) is 6.35. The lowest BCUT2D eigenvalue weighted by Crippen LogP contribution is -2.38. The number of aromatic amines is 1. The van der Waals surface area contributed by atoms with Crippen molar-refractivity contribution in [2.75, 3.05) is 0 Å². The maximum atomic E-state index is 12.3. The van der Waals surface area contributed by atoms with Crippen LogP contribution in [0.4, 0.5) is 0 Å². The molecule has 0 bridgehead atoms. The molecule has 0 saturated heterocycles. The summed E-state index contributed by atoms with van der Waals surface area (Å²) in [4.78, 5) is 31.4. The second kappa shape index (κ2) is 4.80. The van der Waals surface area contributed by atoms with Gasteiger partial charge in [-0.3, -0.25) is 14.0 Å². The second-order valence-corrected chi connectivity index (χ2v) is 6.35. The summed E-state index contributed by atoms with van der Waals surface area (Å²) in [6.07, 6.45) is 3.77. The van der Waals surface area contributed by atoms with Gasteiger partial charge in [0.25, 0.3) is 5.56 Å². The molecule has 24 heavy (non-hydrogen) atoms. The molecule has 0 aliphatic heterocycles. The van der Waals surface area contributed by atoms with E-state index in [1.54, 1.807) is 16.8 Å². The molecular weight excluding hydrogens is 306 g/mol. The van der Waals surface area contributed by atoms with Gasteiger partial charge in [-0.05, 0) is 18.9 Å². The minimum Gasteiger partial charge on any atom is -0.481 e. The predicted molar refractivity (Wildman–Crippen MR) is 89.1 cm³/mol. The molecule has 2 N–H and O–H groups in total. The van der Waals surface area contributed by atoms with Gasteiger partial charge in [-0.1, -0.05) is 31.2 Å². The first-order valence-corrected chi connectivity index (χ1v) is 7.92. The zero-order valence-electron chi connectivity index (χ0n) is 13.4. The van der Waals surface area contributed by atoms with Gasteiger partial charge in [0, 0.05) is 23.4 Å². The summed E-state index contributed by atoms with van der Waals surface area (Å²) in [5.74, 6) is -1.46. The summed E-state index contributed by atoms with van der Waals surface area (Å²) in [6, 6.07) is 7.67. The van der Waals surface area contributed by atoms with Crippen LogP contribution in [0, 0.1) is 5.92 Å². The van der Waals surface area contributed by atoms with E-state index in [4.69, 9.17) is 0 Å². The highest BCUT2D eigenvalue weighted by molar-refractivity contribution is 5.83. The number of imidazole rings is 1. The summed E-state index contributed by atoms with van der Waals surface area (Å²) in [6.45, 7) is 3.82. The molecule has 6 nitrogen and oxygen atoms in total. The number of aliphatic carboxylic acids is 1. The Morgan fingerprint density at radius 2 is 2.17 bits per heavy atom. The molecule has 4 rings (SSSR count). The largest absolute Gasteiger partial charge is 0.481 e. The van der Waals surface area contributed by atoms with Crippen molar-refractivity contribution in [3.05, 3.63) is 58.3 Å². The molecule has 2 aromatic heterocycles. The molecular formula is C18H17N3O3. The number of H-pyrrole nitrogens is 1. The summed E-state index contributed by atoms with van der Waals surface area (Å²) in [7, 11) is 0. The Labute approximate surface area is 137 Å². The number of benzene rings is 1. The highest BCUT2D eigenvalue weighted by Gasteiger charge is 2.49. The van der Waals surface area contributed by atoms with E-state index in [2.05, 4.69) is 9.97 Å². The van der Waals surface area contributed by atoms with Gasteiger partial charge in [-0.25, -0.2) is 4.98 Å². The van der Waals surface area contributed by atoms with Crippen molar-refractivity contribution in [3.63, 3.8) is 0 Å². The number of fused-ring (bicyclic) bond motifs is 5. The van der Waals surface area contributed by atoms with Crippen LogP contribution >= 0.6 is 0 Å². The van der Waals surface area contributed by atoms with Crippen LogP contribution in [-0.4, -0.2) is 25.4 Å². The van der Waals surface area contributed by atoms with E-state index in [9.17, 15) is 14.7 Å². The molecule has 2 unspecified atom stereocenters. The quantitative estimate of drug-likeness (QED) is 0.775. The van der Waals surface area contributed by atoms with E-state index in [0.717, 1.165) is 16.8 Å². The van der Waals surface area contributed by atoms with Gasteiger partial charge in [0.15, 0.2) is 0 Å². The minimum atomic E-state index is -0.845. The Morgan fingerprint density at radius 3 is 2.88 bits per heavy atom. The van der Waals surface area contributed by atoms with Crippen LogP contribution in [0.3, 0.4) is 0 Å². The fourth-order valence-corrected chi connectivity index (χ4v) is 4.17. The highest BCUT2D eigenvalue weighted by atomic mass is 16.4. The third-order valence-electron chi connectivity index (χ3n) is 5.21. The molecule has 122 valence electrons. The van der Waals surface area contributed by atoms with Gasteiger partial charge >= 0.3 is 5.97 Å². The standard InChI is InChI=1S/C18H17N3O3/c1-3-11(17(23)24)18(2)12-7-5-4-6-10(12)13-14(18)21-9-8-19-15(21)16(22)20-13/h4-9,11H,3H2,1-2H3,(H,20,22)(H,23,24). The van der Waals surface area contributed by atoms with Gasteiger partial charge in [0.05, 0.1) is 17.3 Å². The van der Waals surface area contributed by atoms with E-state index in [1.807, 2.05) is 38.1 Å². The van der Waals surface area contributed by atoms with Crippen LogP contribution in [0.2, 0.25) is 0 Å². The number of nitrogens with one attached hydrogen (secondary N) is 1. The number of carboxylic acid groups (broad SMARTS) is 1. The molecule has 1 aliphatic rings. The normalized spacial score (nSPS) is 19.9. The molecule has 2 atom stereocenters. The molecule has 3 aromatic rings. The first-order chi connectivity index (χ1) is 11.5. The van der Waals surface area contributed by atoms with Crippen molar-refractivity contribution in [3.8, 4) is 11.3 Å². The molecule has 0 amide bonds. The maximum Gasteiger partial charge on any atom is 0.307 e. The number of hydrogen-bond donors (Lipinski definition) is 2. The van der Waals surface area contributed by atoms with E-state index in [-0.39, 0.29) is 11.2 Å². The van der Waals surface area contributed by atoms with E-state index in [0.29, 0.717) is 12.1 Å². The van der Waals surface area contributed by atoms with Crippen LogP contribution in [0.15, 0.2) is 41.5 Å². The number of carboxylic acids is 1. The van der Waals surface area contributed by atoms with Gasteiger partial charge in [-0.15, -0.1) is 0 Å². The molecule has 2 heterocycles. The first kappa shape index (κ1) is 14.7. The number of rotatable bonds is 3. The van der Waals surface area contributed by atoms with Crippen molar-refractivity contribution >= 4 is 11.6 Å². The van der Waals surface area contributed by atoms with Crippen molar-refractivity contribution < 1.29 is 9.90 Å². The Morgan fingerprint density at radius 1 is 1.42 bits per heavy atom. The predicted octanol–water partition coefficient (Wildman–Crippen LogP) is 2.42. The molecule has 6 heteroatoms. The van der Waals surface area contributed by atoms with Gasteiger partial charge in [0.2, 0.25) is 5.65 Å². The van der Waals surface area contributed by atoms with Gasteiger partial charge in [0.1, 0.15) is 0 Å². The number of carbonyl (C=O) groups is 1. The molecule has 0 radical (unpaired) electrons. The van der Waals surface area contributed by atoms with Crippen LogP contribution in [0.25, 0.3) is 16.9 Å². The Bertz CT molecular complexity index is 1030. The third kappa shape index (κ3) is 1.62. The summed E-state index contributed by atoms with van der Waals surface area (Å²) in [5.41, 5.74) is 2.52. The van der Waals surface area contributed by atoms with Crippen molar-refractivity contribution in [1.82, 2.24) is 14.4 Å². The van der Waals surface area contributed by atoms with E-state index >= 15 is 0 Å². The van der Waals surface area contributed by atoms with Crippen LogP contribution in [-0.2, 0) is 10.2 Å². The number of nitrogens with zero attached hydrogens (tertiary/aromatic N) is 2. The van der Waals surface area contributed by atoms with Gasteiger partial charge in [-0.2, -0.15) is 0 Å². The Balaban J connectivity index is 2.19. The lowest BCUT2D eigenvalue weighted by atomic mass is 9.70. The molecule has 0 saturated carbocycles. The SMILES string of the molecule is CCC(C(=O)O)C1(C)c2ccccc2-c2[nH]c(=O)c3nccn3c21. The average Bonchev–Trinajstić information content (AvgIpc) is 3.12. The fraction of sp³-hybridized carbons (Fsp3) is 0.278.